The number of rotatable bonds is 6. The van der Waals surface area contributed by atoms with E-state index in [1.165, 1.54) is 23.4 Å². The lowest BCUT2D eigenvalue weighted by atomic mass is 9.90. The van der Waals surface area contributed by atoms with Crippen molar-refractivity contribution >= 4 is 52.8 Å². The van der Waals surface area contributed by atoms with Gasteiger partial charge in [-0.15, -0.1) is 12.4 Å². The summed E-state index contributed by atoms with van der Waals surface area (Å²) in [6, 6.07) is 8.80. The van der Waals surface area contributed by atoms with E-state index in [1.807, 2.05) is 6.08 Å². The molecule has 1 aliphatic carbocycles. The SMILES string of the molecule is CC(CN1CCCC1)N1C2=C(C=CC(=O)C2C(=S)NCCC(C)(C)C)Sc2ccccc21.Cl. The zero-order valence-electron chi connectivity index (χ0n) is 20.1. The number of thiocarbonyl (C=S) groups is 1. The Bertz CT molecular complexity index is 947. The number of ketones is 1. The molecule has 1 fully saturated rings. The van der Waals surface area contributed by atoms with E-state index in [4.69, 9.17) is 12.2 Å². The zero-order chi connectivity index (χ0) is 22.9. The molecule has 4 nitrogen and oxygen atoms in total. The molecule has 2 unspecified atom stereocenters. The Morgan fingerprint density at radius 1 is 1.21 bits per heavy atom. The molecule has 7 heteroatoms. The van der Waals surface area contributed by atoms with Crippen LogP contribution in [0.2, 0.25) is 0 Å². The number of anilines is 1. The van der Waals surface area contributed by atoms with Crippen LogP contribution in [0.1, 0.15) is 47.0 Å². The summed E-state index contributed by atoms with van der Waals surface area (Å²) in [5, 5.41) is 3.43. The first-order chi connectivity index (χ1) is 15.2. The lowest BCUT2D eigenvalue weighted by Gasteiger charge is -2.43. The summed E-state index contributed by atoms with van der Waals surface area (Å²) < 4.78 is 0. The monoisotopic (exact) mass is 505 g/mol. The summed E-state index contributed by atoms with van der Waals surface area (Å²) in [5.41, 5.74) is 2.47. The van der Waals surface area contributed by atoms with Crippen LogP contribution in [0.15, 0.2) is 51.9 Å². The molecule has 0 saturated carbocycles. The highest BCUT2D eigenvalue weighted by Crippen LogP contribution is 2.48. The molecule has 1 N–H and O–H groups in total. The van der Waals surface area contributed by atoms with Gasteiger partial charge >= 0.3 is 0 Å². The topological polar surface area (TPSA) is 35.6 Å². The van der Waals surface area contributed by atoms with Crippen molar-refractivity contribution in [2.75, 3.05) is 31.1 Å². The molecule has 0 radical (unpaired) electrons. The van der Waals surface area contributed by atoms with E-state index in [9.17, 15) is 4.79 Å². The number of carbonyl (C=O) groups excluding carboxylic acids is 1. The Labute approximate surface area is 214 Å². The second kappa shape index (κ2) is 10.9. The van der Waals surface area contributed by atoms with Crippen LogP contribution >= 0.6 is 36.4 Å². The van der Waals surface area contributed by atoms with E-state index >= 15 is 0 Å². The maximum absolute atomic E-state index is 13.2. The second-order valence-electron chi connectivity index (χ2n) is 10.3. The van der Waals surface area contributed by atoms with Gasteiger partial charge in [0.25, 0.3) is 0 Å². The van der Waals surface area contributed by atoms with Gasteiger partial charge in [-0.1, -0.05) is 56.9 Å². The summed E-state index contributed by atoms with van der Waals surface area (Å²) in [5.74, 6) is -0.345. The Balaban J connectivity index is 0.00000306. The van der Waals surface area contributed by atoms with Crippen LogP contribution in [0.5, 0.6) is 0 Å². The number of hydrogen-bond donors (Lipinski definition) is 1. The molecule has 0 bridgehead atoms. The fourth-order valence-corrected chi connectivity index (χ4v) is 6.20. The average molecular weight is 506 g/mol. The van der Waals surface area contributed by atoms with E-state index in [2.05, 4.69) is 67.1 Å². The van der Waals surface area contributed by atoms with E-state index in [-0.39, 0.29) is 29.6 Å². The van der Waals surface area contributed by atoms with Gasteiger partial charge in [-0.2, -0.15) is 0 Å². The number of benzene rings is 1. The fraction of sp³-hybridized carbons (Fsp3) is 0.538. The fourth-order valence-electron chi connectivity index (χ4n) is 4.76. The number of nitrogens with zero attached hydrogens (tertiary/aromatic N) is 2. The number of carbonyl (C=O) groups is 1. The molecular weight excluding hydrogens is 470 g/mol. The van der Waals surface area contributed by atoms with Crippen molar-refractivity contribution in [3.05, 3.63) is 47.0 Å². The molecule has 3 aliphatic rings. The minimum absolute atomic E-state index is 0. The van der Waals surface area contributed by atoms with Crippen LogP contribution < -0.4 is 10.2 Å². The number of thioether (sulfide) groups is 1. The molecule has 2 atom stereocenters. The van der Waals surface area contributed by atoms with Gasteiger partial charge in [-0.25, -0.2) is 0 Å². The van der Waals surface area contributed by atoms with Gasteiger partial charge in [0, 0.05) is 28.9 Å². The van der Waals surface area contributed by atoms with Crippen molar-refractivity contribution < 1.29 is 4.79 Å². The molecule has 0 aromatic heterocycles. The van der Waals surface area contributed by atoms with Crippen LogP contribution in [0.4, 0.5) is 5.69 Å². The molecule has 180 valence electrons. The van der Waals surface area contributed by atoms with Crippen molar-refractivity contribution in [3.63, 3.8) is 0 Å². The van der Waals surface area contributed by atoms with Crippen molar-refractivity contribution in [3.8, 4) is 0 Å². The molecule has 0 amide bonds. The molecule has 33 heavy (non-hydrogen) atoms. The number of halogens is 1. The predicted octanol–water partition coefficient (Wildman–Crippen LogP) is 5.82. The van der Waals surface area contributed by atoms with Crippen molar-refractivity contribution in [1.29, 1.82) is 0 Å². The number of para-hydroxylation sites is 1. The Hall–Kier alpha value is -1.34. The van der Waals surface area contributed by atoms with E-state index in [0.717, 1.165) is 43.2 Å². The smallest absolute Gasteiger partial charge is 0.171 e. The Kier molecular flexibility index (Phi) is 8.71. The first-order valence-corrected chi connectivity index (χ1v) is 13.0. The summed E-state index contributed by atoms with van der Waals surface area (Å²) in [4.78, 5) is 21.2. The number of fused-ring (bicyclic) bond motifs is 1. The third-order valence-corrected chi connectivity index (χ3v) is 7.92. The van der Waals surface area contributed by atoms with Crippen molar-refractivity contribution in [2.45, 2.75) is 57.9 Å². The van der Waals surface area contributed by atoms with Crippen LogP contribution in [-0.4, -0.2) is 47.9 Å². The standard InChI is InChI=1S/C26H35N3OS2.ClH/c1-18(17-28-15-7-8-16-28)29-19-9-5-6-10-21(19)32-22-12-11-20(30)23(24(22)29)25(31)27-14-13-26(2,3)4;/h5-6,9-12,18,23H,7-8,13-17H2,1-4H3,(H,27,31);1H. The molecule has 0 spiro atoms. The van der Waals surface area contributed by atoms with Gasteiger partial charge < -0.3 is 15.1 Å². The van der Waals surface area contributed by atoms with Crippen molar-refractivity contribution in [2.24, 2.45) is 11.3 Å². The summed E-state index contributed by atoms with van der Waals surface area (Å²) in [7, 11) is 0. The van der Waals surface area contributed by atoms with Gasteiger partial charge in [-0.05, 0) is 69.0 Å². The lowest BCUT2D eigenvalue weighted by Crippen LogP contribution is -2.48. The summed E-state index contributed by atoms with van der Waals surface area (Å²) in [6.07, 6.45) is 7.26. The molecule has 2 heterocycles. The molecular formula is C26H36ClN3OS2. The van der Waals surface area contributed by atoms with Crippen LogP contribution in [0.25, 0.3) is 0 Å². The summed E-state index contributed by atoms with van der Waals surface area (Å²) in [6.45, 7) is 13.1. The highest BCUT2D eigenvalue weighted by atomic mass is 35.5. The third-order valence-electron chi connectivity index (χ3n) is 6.41. The predicted molar refractivity (Wildman–Crippen MR) is 146 cm³/mol. The number of nitrogens with one attached hydrogen (secondary N) is 1. The van der Waals surface area contributed by atoms with Gasteiger partial charge in [0.1, 0.15) is 5.92 Å². The number of allylic oxidation sites excluding steroid dienone is 2. The normalized spacial score (nSPS) is 21.4. The van der Waals surface area contributed by atoms with Crippen LogP contribution in [0, 0.1) is 11.3 Å². The van der Waals surface area contributed by atoms with Gasteiger partial charge in [0.15, 0.2) is 5.78 Å². The lowest BCUT2D eigenvalue weighted by molar-refractivity contribution is -0.115. The van der Waals surface area contributed by atoms with Crippen LogP contribution in [-0.2, 0) is 4.79 Å². The quantitative estimate of drug-likeness (QED) is 0.490. The highest BCUT2D eigenvalue weighted by molar-refractivity contribution is 8.03. The molecule has 1 aromatic rings. The average Bonchev–Trinajstić information content (AvgIpc) is 3.24. The molecule has 1 aromatic carbocycles. The van der Waals surface area contributed by atoms with E-state index < -0.39 is 5.92 Å². The number of hydrogen-bond acceptors (Lipinski definition) is 5. The molecule has 1 saturated heterocycles. The molecule has 4 rings (SSSR count). The molecule has 2 aliphatic heterocycles. The van der Waals surface area contributed by atoms with Gasteiger partial charge in [0.05, 0.1) is 16.4 Å². The second-order valence-corrected chi connectivity index (χ2v) is 11.8. The van der Waals surface area contributed by atoms with Crippen LogP contribution in [0.3, 0.4) is 0 Å². The summed E-state index contributed by atoms with van der Waals surface area (Å²) >= 11 is 7.60. The minimum Gasteiger partial charge on any atom is -0.379 e. The first-order valence-electron chi connectivity index (χ1n) is 11.8. The third kappa shape index (κ3) is 6.02. The Morgan fingerprint density at radius 3 is 2.61 bits per heavy atom. The Morgan fingerprint density at radius 2 is 1.91 bits per heavy atom. The maximum atomic E-state index is 13.2. The first kappa shape index (κ1) is 26.3. The van der Waals surface area contributed by atoms with Gasteiger partial charge in [-0.3, -0.25) is 4.79 Å². The number of likely N-dealkylation sites (tertiary alicyclic amines) is 1. The highest BCUT2D eigenvalue weighted by Gasteiger charge is 2.40. The van der Waals surface area contributed by atoms with Crippen molar-refractivity contribution in [1.82, 2.24) is 10.2 Å². The van der Waals surface area contributed by atoms with E-state index in [0.29, 0.717) is 4.99 Å². The van der Waals surface area contributed by atoms with E-state index in [1.54, 1.807) is 17.8 Å². The maximum Gasteiger partial charge on any atom is 0.171 e. The minimum atomic E-state index is -0.424. The van der Waals surface area contributed by atoms with Gasteiger partial charge in [0.2, 0.25) is 0 Å². The zero-order valence-corrected chi connectivity index (χ0v) is 22.5. The largest absolute Gasteiger partial charge is 0.379 e.